The van der Waals surface area contributed by atoms with E-state index in [4.69, 9.17) is 0 Å². The minimum atomic E-state index is -3.34. The molecule has 1 N–H and O–H groups in total. The van der Waals surface area contributed by atoms with Crippen LogP contribution < -0.4 is 0 Å². The first-order valence-corrected chi connectivity index (χ1v) is 10.5. The number of halogens is 2. The van der Waals surface area contributed by atoms with Gasteiger partial charge in [-0.2, -0.15) is 8.78 Å². The molecule has 164 valence electrons. The number of allylic oxidation sites excluding steroid dienone is 4. The van der Waals surface area contributed by atoms with Crippen LogP contribution in [0.1, 0.15) is 65.7 Å². The zero-order valence-corrected chi connectivity index (χ0v) is 22.4. The van der Waals surface area contributed by atoms with Crippen molar-refractivity contribution in [3.63, 3.8) is 0 Å². The van der Waals surface area contributed by atoms with E-state index >= 15 is 0 Å². The first-order valence-electron chi connectivity index (χ1n) is 10.5. The number of carbonyl (C=O) groups excluding carboxylic acids is 1. The molecule has 3 atom stereocenters. The first kappa shape index (κ1) is 29.1. The molecule has 0 aromatic carbocycles. The van der Waals surface area contributed by atoms with Crippen LogP contribution in [-0.4, -0.2) is 40.5 Å². The number of hydrogen-bond acceptors (Lipinski definition) is 2. The third kappa shape index (κ3) is 10.4. The van der Waals surface area contributed by atoms with E-state index in [0.29, 0.717) is 19.3 Å². The van der Waals surface area contributed by atoms with Crippen LogP contribution >= 0.6 is 0 Å². The number of rotatable bonds is 11. The molecule has 3 nitrogen and oxygen atoms in total. The summed E-state index contributed by atoms with van der Waals surface area (Å²) in [5.74, 6) is 1.37. The second-order valence-electron chi connectivity index (χ2n) is 7.29. The fraction of sp³-hybridized carbons (Fsp3) is 0.625. The minimum absolute atomic E-state index is 0. The molecule has 30 heavy (non-hydrogen) atoms. The maximum atomic E-state index is 13.9. The fourth-order valence-corrected chi connectivity index (χ4v) is 3.00. The normalized spacial score (nSPS) is 20.5. The summed E-state index contributed by atoms with van der Waals surface area (Å²) in [4.78, 5) is 13.3. The smallest absolute Gasteiger partial charge is 0.390 e. The number of likely N-dealkylation sites (tertiary alicyclic amines) is 1. The zero-order chi connectivity index (χ0) is 21.7. The van der Waals surface area contributed by atoms with Crippen molar-refractivity contribution in [1.29, 1.82) is 0 Å². The van der Waals surface area contributed by atoms with Crippen molar-refractivity contribution in [2.75, 3.05) is 6.54 Å². The first-order chi connectivity index (χ1) is 13.8. The van der Waals surface area contributed by atoms with Gasteiger partial charge >= 0.3 is 37.0 Å². The summed E-state index contributed by atoms with van der Waals surface area (Å²) in [6, 6.07) is -0.692. The summed E-state index contributed by atoms with van der Waals surface area (Å²) < 4.78 is 27.9. The molecule has 0 saturated carbocycles. The Morgan fingerprint density at radius 3 is 2.63 bits per heavy atom. The molecule has 1 heterocycles. The molecule has 6 heteroatoms. The van der Waals surface area contributed by atoms with Crippen molar-refractivity contribution >= 4 is 5.91 Å². The molecular formula is C24H33F2NO2U. The van der Waals surface area contributed by atoms with Crippen LogP contribution in [0.15, 0.2) is 24.3 Å². The van der Waals surface area contributed by atoms with Gasteiger partial charge in [0, 0.05) is 25.8 Å². The van der Waals surface area contributed by atoms with Gasteiger partial charge in [-0.15, -0.1) is 24.7 Å². The molecule has 0 spiro atoms. The number of aliphatic hydroxyl groups excluding tert-OH is 1. The average molecular weight is 644 g/mol. The summed E-state index contributed by atoms with van der Waals surface area (Å²) in [6.07, 6.45) is 15.7. The average Bonchev–Trinajstić information content (AvgIpc) is 2.90. The molecular weight excluding hydrogens is 610 g/mol. The van der Waals surface area contributed by atoms with E-state index in [1.807, 2.05) is 26.8 Å². The van der Waals surface area contributed by atoms with Gasteiger partial charge in [0.1, 0.15) is 0 Å². The summed E-state index contributed by atoms with van der Waals surface area (Å²) in [5, 5.41) is 10.2. The van der Waals surface area contributed by atoms with Crippen molar-refractivity contribution in [3.8, 4) is 11.8 Å². The molecule has 1 amide bonds. The van der Waals surface area contributed by atoms with Gasteiger partial charge in [-0.25, -0.2) is 0 Å². The molecule has 0 unspecified atom stereocenters. The van der Waals surface area contributed by atoms with Gasteiger partial charge in [-0.05, 0) is 12.3 Å². The van der Waals surface area contributed by atoms with E-state index in [2.05, 4.69) is 24.0 Å². The Bertz CT molecular complexity index is 649. The maximum absolute atomic E-state index is 13.9. The molecule has 0 aromatic heterocycles. The Kier molecular flexibility index (Phi) is 15.4. The molecule has 1 rings (SSSR count). The Morgan fingerprint density at radius 1 is 1.27 bits per heavy atom. The topological polar surface area (TPSA) is 40.5 Å². The Morgan fingerprint density at radius 2 is 1.97 bits per heavy atom. The van der Waals surface area contributed by atoms with Crippen LogP contribution in [0.2, 0.25) is 0 Å². The van der Waals surface area contributed by atoms with Crippen LogP contribution in [-0.2, 0) is 4.79 Å². The van der Waals surface area contributed by atoms with Crippen molar-refractivity contribution in [2.24, 2.45) is 5.92 Å². The number of carbonyl (C=O) groups is 1. The summed E-state index contributed by atoms with van der Waals surface area (Å²) >= 11 is 0. The molecule has 0 radical (unpaired) electrons. The predicted molar refractivity (Wildman–Crippen MR) is 112 cm³/mol. The second kappa shape index (κ2) is 15.9. The van der Waals surface area contributed by atoms with E-state index in [9.17, 15) is 18.7 Å². The van der Waals surface area contributed by atoms with Gasteiger partial charge in [-0.1, -0.05) is 39.3 Å². The molecule has 1 fully saturated rings. The monoisotopic (exact) mass is 643 g/mol. The quantitative estimate of drug-likeness (QED) is 0.115. The number of unbranched alkanes of at least 4 members (excludes halogenated alkanes) is 2. The molecule has 0 aliphatic carbocycles. The number of amides is 1. The van der Waals surface area contributed by atoms with E-state index in [0.717, 1.165) is 19.3 Å². The van der Waals surface area contributed by atoms with Gasteiger partial charge in [0.05, 0.1) is 12.1 Å². The van der Waals surface area contributed by atoms with Gasteiger partial charge in [0.15, 0.2) is 0 Å². The van der Waals surface area contributed by atoms with Crippen LogP contribution in [0.4, 0.5) is 8.78 Å². The van der Waals surface area contributed by atoms with Crippen LogP contribution in [0, 0.1) is 61.0 Å². The molecule has 0 aromatic rings. The standard InChI is InChI=1S/C24H33F2NO2.U/c1-4-6-8-9-10-11-12-14-18-27-21(19-24(25,26)23(27)29)16-17-22(28)20(3)15-13-7-5-2;/h8-9,16-17,20-22,28H,4-5,11-12,14-15,18-19H2,1-3H3;/q-2;+2/b17-16+;/t20-,21+,22-;/m1./s1. The second-order valence-corrected chi connectivity index (χ2v) is 7.29. The molecule has 0 bridgehead atoms. The van der Waals surface area contributed by atoms with Crippen LogP contribution in [0.25, 0.3) is 0 Å². The van der Waals surface area contributed by atoms with Crippen LogP contribution in [0.3, 0.4) is 0 Å². The maximum Gasteiger partial charge on any atom is 2.00 e. The van der Waals surface area contributed by atoms with Crippen molar-refractivity contribution in [2.45, 2.75) is 83.8 Å². The number of hydrogen-bond donors (Lipinski definition) is 1. The minimum Gasteiger partial charge on any atom is -0.390 e. The van der Waals surface area contributed by atoms with Crippen molar-refractivity contribution < 1.29 is 49.8 Å². The zero-order valence-electron chi connectivity index (χ0n) is 18.3. The largest absolute Gasteiger partial charge is 2.00 e. The summed E-state index contributed by atoms with van der Waals surface area (Å²) in [5.41, 5.74) is 0. The van der Waals surface area contributed by atoms with Gasteiger partial charge < -0.3 is 34.3 Å². The van der Waals surface area contributed by atoms with Crippen molar-refractivity contribution in [3.05, 3.63) is 36.5 Å². The van der Waals surface area contributed by atoms with Gasteiger partial charge in [0.2, 0.25) is 0 Å². The Hall–Kier alpha value is -0.878. The van der Waals surface area contributed by atoms with E-state index < -0.39 is 30.4 Å². The van der Waals surface area contributed by atoms with E-state index in [1.54, 1.807) is 12.2 Å². The SMILES string of the molecule is CCC#CC[C@@H](C)[C@H](O)/C=C/[C@H]1CC(F)(F)C(=O)N1CCCC[C-]=CC=[C-]CC.[U+2]. The molecule has 1 aliphatic rings. The Labute approximate surface area is 204 Å². The number of alkyl halides is 2. The predicted octanol–water partition coefficient (Wildman–Crippen LogP) is 4.88. The van der Waals surface area contributed by atoms with E-state index in [-0.39, 0.29) is 43.6 Å². The molecule has 1 aliphatic heterocycles. The van der Waals surface area contributed by atoms with Gasteiger partial charge in [0.25, 0.3) is 5.91 Å². The third-order valence-electron chi connectivity index (χ3n) is 4.77. The Balaban J connectivity index is 0.00000841. The molecule has 1 saturated heterocycles. The van der Waals surface area contributed by atoms with E-state index in [1.165, 1.54) is 11.0 Å². The van der Waals surface area contributed by atoms with Crippen molar-refractivity contribution in [1.82, 2.24) is 4.90 Å². The summed E-state index contributed by atoms with van der Waals surface area (Å²) in [7, 11) is 0. The number of aliphatic hydroxyl groups is 1. The van der Waals surface area contributed by atoms with Crippen LogP contribution in [0.5, 0.6) is 0 Å². The summed E-state index contributed by atoms with van der Waals surface area (Å²) in [6.45, 7) is 6.09. The van der Waals surface area contributed by atoms with Gasteiger partial charge in [-0.3, -0.25) is 4.79 Å². The number of nitrogens with zero attached hydrogens (tertiary/aromatic N) is 1. The third-order valence-corrected chi connectivity index (χ3v) is 4.77. The fourth-order valence-electron chi connectivity index (χ4n) is 3.00.